The van der Waals surface area contributed by atoms with Gasteiger partial charge in [-0.3, -0.25) is 4.79 Å². The number of rotatable bonds is 10. The highest BCUT2D eigenvalue weighted by molar-refractivity contribution is 7.87. The van der Waals surface area contributed by atoms with Crippen molar-refractivity contribution in [3.63, 3.8) is 0 Å². The highest BCUT2D eigenvalue weighted by Gasteiger charge is 2.32. The number of amides is 1. The normalized spacial score (nSPS) is 11.9. The summed E-state index contributed by atoms with van der Waals surface area (Å²) in [5.41, 5.74) is 0.423. The molecule has 3 aromatic rings. The summed E-state index contributed by atoms with van der Waals surface area (Å²) in [6, 6.07) is 18.6. The minimum absolute atomic E-state index is 0.0820. The standard InChI is InChI=1S/C26H26F3NO5S/c1-19(2)30(25(31)18-34-17-20-8-4-3-5-9-20)16-21-10-6-12-23(14-21)35-36(32,33)24-13-7-11-22(15-24)26(27,28)29/h3-15,19H,16-18H2,1-2H3. The van der Waals surface area contributed by atoms with Gasteiger partial charge in [0.15, 0.2) is 0 Å². The van der Waals surface area contributed by atoms with E-state index in [2.05, 4.69) is 0 Å². The van der Waals surface area contributed by atoms with Crippen molar-refractivity contribution >= 4 is 16.0 Å². The average molecular weight is 522 g/mol. The smallest absolute Gasteiger partial charge is 0.379 e. The Balaban J connectivity index is 1.68. The molecule has 0 N–H and O–H groups in total. The Morgan fingerprint density at radius 1 is 0.917 bits per heavy atom. The van der Waals surface area contributed by atoms with Crippen LogP contribution >= 0.6 is 0 Å². The molecular formula is C26H26F3NO5S. The number of halogens is 3. The largest absolute Gasteiger partial charge is 0.416 e. The summed E-state index contributed by atoms with van der Waals surface area (Å²) in [6.45, 7) is 4.00. The van der Waals surface area contributed by atoms with Gasteiger partial charge < -0.3 is 13.8 Å². The van der Waals surface area contributed by atoms with Crippen molar-refractivity contribution in [2.24, 2.45) is 0 Å². The van der Waals surface area contributed by atoms with Gasteiger partial charge in [-0.15, -0.1) is 0 Å². The molecule has 0 unspecified atom stereocenters. The van der Waals surface area contributed by atoms with E-state index in [9.17, 15) is 26.4 Å². The first-order chi connectivity index (χ1) is 17.0. The van der Waals surface area contributed by atoms with E-state index < -0.39 is 26.8 Å². The summed E-state index contributed by atoms with van der Waals surface area (Å²) in [7, 11) is -4.51. The lowest BCUT2D eigenvalue weighted by molar-refractivity contribution is -0.139. The zero-order valence-corrected chi connectivity index (χ0v) is 20.6. The molecule has 36 heavy (non-hydrogen) atoms. The van der Waals surface area contributed by atoms with Crippen LogP contribution in [0.2, 0.25) is 0 Å². The van der Waals surface area contributed by atoms with Crippen LogP contribution in [-0.4, -0.2) is 31.9 Å². The third-order valence-electron chi connectivity index (χ3n) is 5.19. The minimum Gasteiger partial charge on any atom is -0.379 e. The lowest BCUT2D eigenvalue weighted by Crippen LogP contribution is -2.38. The fraction of sp³-hybridized carbons (Fsp3) is 0.269. The highest BCUT2D eigenvalue weighted by atomic mass is 32.2. The number of alkyl halides is 3. The molecule has 0 saturated heterocycles. The summed E-state index contributed by atoms with van der Waals surface area (Å²) in [4.78, 5) is 13.7. The maximum absolute atomic E-state index is 13.0. The van der Waals surface area contributed by atoms with Crippen molar-refractivity contribution in [2.45, 2.75) is 44.1 Å². The van der Waals surface area contributed by atoms with Crippen LogP contribution in [0.1, 0.15) is 30.5 Å². The molecule has 3 aromatic carbocycles. The Bertz CT molecular complexity index is 1280. The molecule has 1 amide bonds. The number of hydrogen-bond donors (Lipinski definition) is 0. The Morgan fingerprint density at radius 3 is 2.25 bits per heavy atom. The van der Waals surface area contributed by atoms with E-state index in [1.54, 1.807) is 17.0 Å². The molecule has 6 nitrogen and oxygen atoms in total. The molecule has 0 saturated carbocycles. The zero-order valence-electron chi connectivity index (χ0n) is 19.7. The minimum atomic E-state index is -4.69. The number of carbonyl (C=O) groups excluding carboxylic acids is 1. The van der Waals surface area contributed by atoms with Gasteiger partial charge in [0, 0.05) is 12.6 Å². The van der Waals surface area contributed by atoms with Crippen molar-refractivity contribution in [3.8, 4) is 5.75 Å². The molecule has 3 rings (SSSR count). The van der Waals surface area contributed by atoms with Crippen molar-refractivity contribution in [2.75, 3.05) is 6.61 Å². The molecule has 0 heterocycles. The monoisotopic (exact) mass is 521 g/mol. The first kappa shape index (κ1) is 27.2. The van der Waals surface area contributed by atoms with Gasteiger partial charge in [0.2, 0.25) is 5.91 Å². The Hall–Kier alpha value is -3.37. The molecule has 0 aliphatic heterocycles. The lowest BCUT2D eigenvalue weighted by Gasteiger charge is -2.27. The first-order valence-electron chi connectivity index (χ1n) is 11.1. The van der Waals surface area contributed by atoms with Gasteiger partial charge in [-0.1, -0.05) is 48.5 Å². The Kier molecular flexibility index (Phi) is 8.75. The molecule has 0 bridgehead atoms. The van der Waals surface area contributed by atoms with Gasteiger partial charge in [-0.2, -0.15) is 21.6 Å². The number of carbonyl (C=O) groups is 1. The summed E-state index contributed by atoms with van der Waals surface area (Å²) in [5.74, 6) is -0.328. The zero-order chi connectivity index (χ0) is 26.3. The SMILES string of the molecule is CC(C)N(Cc1cccc(OS(=O)(=O)c2cccc(C(F)(F)F)c2)c1)C(=O)COCc1ccccc1. The van der Waals surface area contributed by atoms with Gasteiger partial charge in [0.25, 0.3) is 0 Å². The average Bonchev–Trinajstić information content (AvgIpc) is 2.82. The molecule has 0 atom stereocenters. The van der Waals surface area contributed by atoms with E-state index in [4.69, 9.17) is 8.92 Å². The summed E-state index contributed by atoms with van der Waals surface area (Å²) >= 11 is 0. The first-order valence-corrected chi connectivity index (χ1v) is 12.5. The molecule has 10 heteroatoms. The van der Waals surface area contributed by atoms with Crippen LogP contribution in [-0.2, 0) is 39.0 Å². The molecule has 0 radical (unpaired) electrons. The summed E-state index contributed by atoms with van der Waals surface area (Å²) in [5, 5.41) is 0. The van der Waals surface area contributed by atoms with E-state index in [0.29, 0.717) is 11.6 Å². The fourth-order valence-electron chi connectivity index (χ4n) is 3.37. The molecule has 0 aliphatic rings. The molecule has 192 valence electrons. The molecule has 0 fully saturated rings. The van der Waals surface area contributed by atoms with Gasteiger partial charge in [0.05, 0.1) is 12.2 Å². The number of ether oxygens (including phenoxy) is 1. The molecule has 0 aliphatic carbocycles. The van der Waals surface area contributed by atoms with Crippen LogP contribution in [0.15, 0.2) is 83.8 Å². The van der Waals surface area contributed by atoms with Crippen molar-refractivity contribution in [1.82, 2.24) is 4.90 Å². The second-order valence-electron chi connectivity index (χ2n) is 8.30. The van der Waals surface area contributed by atoms with Crippen LogP contribution in [0.25, 0.3) is 0 Å². The second kappa shape index (κ2) is 11.6. The second-order valence-corrected chi connectivity index (χ2v) is 9.85. The third-order valence-corrected chi connectivity index (χ3v) is 6.43. The number of hydrogen-bond acceptors (Lipinski definition) is 5. The fourth-order valence-corrected chi connectivity index (χ4v) is 4.34. The quantitative estimate of drug-likeness (QED) is 0.333. The Labute approximate surface area is 208 Å². The summed E-state index contributed by atoms with van der Waals surface area (Å²) in [6.07, 6.45) is -4.69. The third kappa shape index (κ3) is 7.56. The van der Waals surface area contributed by atoms with Crippen LogP contribution in [0.4, 0.5) is 13.2 Å². The van der Waals surface area contributed by atoms with Crippen LogP contribution < -0.4 is 4.18 Å². The lowest BCUT2D eigenvalue weighted by atomic mass is 10.1. The predicted octanol–water partition coefficient (Wildman–Crippen LogP) is 5.43. The van der Waals surface area contributed by atoms with Crippen molar-refractivity contribution in [1.29, 1.82) is 0 Å². The highest BCUT2D eigenvalue weighted by Crippen LogP contribution is 2.31. The topological polar surface area (TPSA) is 72.9 Å². The van der Waals surface area contributed by atoms with E-state index >= 15 is 0 Å². The molecule has 0 aromatic heterocycles. The molecule has 0 spiro atoms. The van der Waals surface area contributed by atoms with Crippen LogP contribution in [0.5, 0.6) is 5.75 Å². The molecular weight excluding hydrogens is 495 g/mol. The predicted molar refractivity (Wildman–Crippen MR) is 127 cm³/mol. The van der Waals surface area contributed by atoms with Gasteiger partial charge >= 0.3 is 16.3 Å². The van der Waals surface area contributed by atoms with Gasteiger partial charge in [0.1, 0.15) is 17.3 Å². The van der Waals surface area contributed by atoms with Gasteiger partial charge in [-0.25, -0.2) is 0 Å². The van der Waals surface area contributed by atoms with Crippen LogP contribution in [0.3, 0.4) is 0 Å². The van der Waals surface area contributed by atoms with E-state index in [0.717, 1.165) is 23.8 Å². The summed E-state index contributed by atoms with van der Waals surface area (Å²) < 4.78 is 74.8. The van der Waals surface area contributed by atoms with Crippen molar-refractivity contribution in [3.05, 3.63) is 95.6 Å². The van der Waals surface area contributed by atoms with Gasteiger partial charge in [-0.05, 0) is 55.3 Å². The van der Waals surface area contributed by atoms with E-state index in [1.165, 1.54) is 12.1 Å². The van der Waals surface area contributed by atoms with Crippen molar-refractivity contribution < 1.29 is 35.3 Å². The Morgan fingerprint density at radius 2 is 1.58 bits per heavy atom. The van der Waals surface area contributed by atoms with E-state index in [-0.39, 0.29) is 37.5 Å². The number of nitrogens with zero attached hydrogens (tertiary/aromatic N) is 1. The maximum atomic E-state index is 13.0. The maximum Gasteiger partial charge on any atom is 0.416 e. The number of benzene rings is 3. The van der Waals surface area contributed by atoms with E-state index in [1.807, 2.05) is 44.2 Å². The van der Waals surface area contributed by atoms with Crippen LogP contribution in [0, 0.1) is 0 Å².